The Hall–Kier alpha value is -1.49. The number of amides is 1. The van der Waals surface area contributed by atoms with Crippen LogP contribution >= 0.6 is 0 Å². The molecule has 0 bridgehead atoms. The molecule has 0 radical (unpaired) electrons. The zero-order valence-corrected chi connectivity index (χ0v) is 9.82. The zero-order chi connectivity index (χ0) is 12.3. The van der Waals surface area contributed by atoms with E-state index in [1.54, 1.807) is 11.9 Å². The number of aromatic nitrogens is 1. The van der Waals surface area contributed by atoms with Gasteiger partial charge in [0.05, 0.1) is 11.8 Å². The van der Waals surface area contributed by atoms with Gasteiger partial charge in [-0.1, -0.05) is 0 Å². The van der Waals surface area contributed by atoms with Crippen LogP contribution in [-0.4, -0.2) is 42.0 Å². The van der Waals surface area contributed by atoms with E-state index in [-0.39, 0.29) is 5.91 Å². The van der Waals surface area contributed by atoms with Crippen LogP contribution in [0.3, 0.4) is 0 Å². The topological polar surface area (TPSA) is 45.2 Å². The van der Waals surface area contributed by atoms with E-state index in [9.17, 15) is 9.18 Å². The summed E-state index contributed by atoms with van der Waals surface area (Å²) in [6.07, 6.45) is 4.71. The maximum atomic E-state index is 13.0. The Morgan fingerprint density at radius 2 is 2.47 bits per heavy atom. The first-order valence-corrected chi connectivity index (χ1v) is 5.76. The third-order valence-corrected chi connectivity index (χ3v) is 2.96. The first-order chi connectivity index (χ1) is 8.16. The molecule has 1 fully saturated rings. The fourth-order valence-electron chi connectivity index (χ4n) is 2.08. The Bertz CT molecular complexity index is 404. The lowest BCUT2D eigenvalue weighted by Crippen LogP contribution is -2.38. The van der Waals surface area contributed by atoms with E-state index in [2.05, 4.69) is 10.3 Å². The van der Waals surface area contributed by atoms with Gasteiger partial charge < -0.3 is 10.2 Å². The van der Waals surface area contributed by atoms with Crippen LogP contribution in [0.5, 0.6) is 0 Å². The lowest BCUT2D eigenvalue weighted by atomic mass is 10.2. The maximum Gasteiger partial charge on any atom is 0.255 e. The molecule has 1 aromatic rings. The van der Waals surface area contributed by atoms with Gasteiger partial charge in [0.25, 0.3) is 5.91 Å². The van der Waals surface area contributed by atoms with Crippen molar-refractivity contribution in [2.75, 3.05) is 20.1 Å². The Morgan fingerprint density at radius 1 is 1.65 bits per heavy atom. The van der Waals surface area contributed by atoms with Gasteiger partial charge in [-0.2, -0.15) is 0 Å². The number of nitrogens with one attached hydrogen (secondary N) is 1. The van der Waals surface area contributed by atoms with E-state index in [4.69, 9.17) is 0 Å². The Labute approximate surface area is 99.8 Å². The standard InChI is InChI=1S/C12H16FN3O/c1-16(8-11-3-2-4-15-11)12(17)9-5-10(13)7-14-6-9/h5-7,11,15H,2-4,8H2,1H3. The predicted octanol–water partition coefficient (Wildman–Crippen LogP) is 1.04. The van der Waals surface area contributed by atoms with E-state index >= 15 is 0 Å². The van der Waals surface area contributed by atoms with Crippen LogP contribution in [0.4, 0.5) is 4.39 Å². The van der Waals surface area contributed by atoms with Gasteiger partial charge in [0, 0.05) is 25.8 Å². The summed E-state index contributed by atoms with van der Waals surface area (Å²) in [7, 11) is 1.73. The highest BCUT2D eigenvalue weighted by molar-refractivity contribution is 5.93. The lowest BCUT2D eigenvalue weighted by molar-refractivity contribution is 0.0783. The number of carbonyl (C=O) groups excluding carboxylic acids is 1. The average molecular weight is 237 g/mol. The number of hydrogen-bond acceptors (Lipinski definition) is 3. The zero-order valence-electron chi connectivity index (χ0n) is 9.82. The molecule has 1 N–H and O–H groups in total. The van der Waals surface area contributed by atoms with Crippen molar-refractivity contribution < 1.29 is 9.18 Å². The number of halogens is 1. The molecule has 5 heteroatoms. The van der Waals surface area contributed by atoms with Crippen LogP contribution in [0.15, 0.2) is 18.5 Å². The fraction of sp³-hybridized carbons (Fsp3) is 0.500. The highest BCUT2D eigenvalue weighted by Gasteiger charge is 2.19. The Balaban J connectivity index is 1.98. The smallest absolute Gasteiger partial charge is 0.255 e. The monoisotopic (exact) mass is 237 g/mol. The summed E-state index contributed by atoms with van der Waals surface area (Å²) in [6.45, 7) is 1.66. The first-order valence-electron chi connectivity index (χ1n) is 5.76. The molecule has 1 atom stereocenters. The van der Waals surface area contributed by atoms with Crippen molar-refractivity contribution in [2.24, 2.45) is 0 Å². The summed E-state index contributed by atoms with van der Waals surface area (Å²) in [6, 6.07) is 1.57. The number of nitrogens with zero attached hydrogens (tertiary/aromatic N) is 2. The molecule has 0 aromatic carbocycles. The molecular formula is C12H16FN3O. The molecule has 1 saturated heterocycles. The number of pyridine rings is 1. The van der Waals surface area contributed by atoms with Crippen molar-refractivity contribution in [1.82, 2.24) is 15.2 Å². The maximum absolute atomic E-state index is 13.0. The van der Waals surface area contributed by atoms with Crippen molar-refractivity contribution in [3.8, 4) is 0 Å². The van der Waals surface area contributed by atoms with Gasteiger partial charge >= 0.3 is 0 Å². The Kier molecular flexibility index (Phi) is 3.68. The molecule has 0 aliphatic carbocycles. The molecule has 1 aliphatic rings. The Morgan fingerprint density at radius 3 is 3.12 bits per heavy atom. The van der Waals surface area contributed by atoms with E-state index in [0.717, 1.165) is 25.6 Å². The van der Waals surface area contributed by atoms with Gasteiger partial charge in [0.15, 0.2) is 0 Å². The second-order valence-corrected chi connectivity index (χ2v) is 4.37. The van der Waals surface area contributed by atoms with Crippen molar-refractivity contribution in [3.05, 3.63) is 29.8 Å². The van der Waals surface area contributed by atoms with Gasteiger partial charge in [-0.05, 0) is 25.5 Å². The van der Waals surface area contributed by atoms with Gasteiger partial charge in [0.1, 0.15) is 5.82 Å². The SMILES string of the molecule is CN(CC1CCCN1)C(=O)c1cncc(F)c1. The summed E-state index contributed by atoms with van der Waals surface area (Å²) >= 11 is 0. The van der Waals surface area contributed by atoms with Crippen molar-refractivity contribution >= 4 is 5.91 Å². The quantitative estimate of drug-likeness (QED) is 0.854. The molecule has 2 rings (SSSR count). The molecule has 17 heavy (non-hydrogen) atoms. The number of likely N-dealkylation sites (N-methyl/N-ethyl adjacent to an activating group) is 1. The van der Waals surface area contributed by atoms with Crippen LogP contribution in [-0.2, 0) is 0 Å². The van der Waals surface area contributed by atoms with Crippen LogP contribution in [0, 0.1) is 5.82 Å². The molecule has 92 valence electrons. The van der Waals surface area contributed by atoms with Gasteiger partial charge in [-0.3, -0.25) is 9.78 Å². The molecule has 4 nitrogen and oxygen atoms in total. The summed E-state index contributed by atoms with van der Waals surface area (Å²) in [4.78, 5) is 17.3. The van der Waals surface area contributed by atoms with E-state index in [1.165, 1.54) is 12.3 Å². The lowest BCUT2D eigenvalue weighted by Gasteiger charge is -2.21. The number of hydrogen-bond donors (Lipinski definition) is 1. The molecule has 0 saturated carbocycles. The molecule has 1 unspecified atom stereocenters. The highest BCUT2D eigenvalue weighted by Crippen LogP contribution is 2.09. The molecule has 2 heterocycles. The van der Waals surface area contributed by atoms with Gasteiger partial charge in [0.2, 0.25) is 0 Å². The van der Waals surface area contributed by atoms with Crippen LogP contribution in [0.1, 0.15) is 23.2 Å². The van der Waals surface area contributed by atoms with Crippen molar-refractivity contribution in [3.63, 3.8) is 0 Å². The van der Waals surface area contributed by atoms with Crippen LogP contribution in [0.25, 0.3) is 0 Å². The minimum atomic E-state index is -0.483. The van der Waals surface area contributed by atoms with Gasteiger partial charge in [-0.15, -0.1) is 0 Å². The van der Waals surface area contributed by atoms with Crippen LogP contribution < -0.4 is 5.32 Å². The van der Waals surface area contributed by atoms with Crippen molar-refractivity contribution in [1.29, 1.82) is 0 Å². The predicted molar refractivity (Wildman–Crippen MR) is 62.2 cm³/mol. The van der Waals surface area contributed by atoms with Crippen LogP contribution in [0.2, 0.25) is 0 Å². The fourth-order valence-corrected chi connectivity index (χ4v) is 2.08. The third-order valence-electron chi connectivity index (χ3n) is 2.96. The van der Waals surface area contributed by atoms with Gasteiger partial charge in [-0.25, -0.2) is 4.39 Å². The second kappa shape index (κ2) is 5.23. The first kappa shape index (κ1) is 12.0. The second-order valence-electron chi connectivity index (χ2n) is 4.37. The third kappa shape index (κ3) is 3.00. The molecular weight excluding hydrogens is 221 g/mol. The molecule has 1 aliphatic heterocycles. The summed E-state index contributed by atoms with van der Waals surface area (Å²) in [5.41, 5.74) is 0.297. The van der Waals surface area contributed by atoms with Crippen molar-refractivity contribution in [2.45, 2.75) is 18.9 Å². The normalized spacial score (nSPS) is 19.3. The summed E-state index contributed by atoms with van der Waals surface area (Å²) in [5.74, 6) is -0.672. The summed E-state index contributed by atoms with van der Waals surface area (Å²) < 4.78 is 13.0. The average Bonchev–Trinajstić information content (AvgIpc) is 2.80. The van der Waals surface area contributed by atoms with E-state index in [1.807, 2.05) is 0 Å². The minimum absolute atomic E-state index is 0.189. The molecule has 1 amide bonds. The minimum Gasteiger partial charge on any atom is -0.340 e. The number of rotatable bonds is 3. The number of carbonyl (C=O) groups is 1. The highest BCUT2D eigenvalue weighted by atomic mass is 19.1. The largest absolute Gasteiger partial charge is 0.340 e. The molecule has 1 aromatic heterocycles. The van der Waals surface area contributed by atoms with E-state index < -0.39 is 5.82 Å². The van der Waals surface area contributed by atoms with E-state index in [0.29, 0.717) is 18.2 Å². The molecule has 0 spiro atoms. The summed E-state index contributed by atoms with van der Waals surface area (Å²) in [5, 5.41) is 3.32.